The van der Waals surface area contributed by atoms with Gasteiger partial charge in [0.1, 0.15) is 0 Å². The molecule has 8 nitrogen and oxygen atoms in total. The van der Waals surface area contributed by atoms with E-state index in [0.29, 0.717) is 5.69 Å². The lowest BCUT2D eigenvalue weighted by Crippen LogP contribution is -2.43. The van der Waals surface area contributed by atoms with Crippen molar-refractivity contribution in [3.63, 3.8) is 0 Å². The summed E-state index contributed by atoms with van der Waals surface area (Å²) in [6.07, 6.45) is -1.05. The lowest BCUT2D eigenvalue weighted by Gasteiger charge is -2.16. The first kappa shape index (κ1) is 17.0. The van der Waals surface area contributed by atoms with Gasteiger partial charge in [-0.15, -0.1) is 0 Å². The summed E-state index contributed by atoms with van der Waals surface area (Å²) in [7, 11) is 0. The van der Waals surface area contributed by atoms with Crippen LogP contribution in [0.2, 0.25) is 0 Å². The zero-order chi connectivity index (χ0) is 18.1. The number of amides is 2. The van der Waals surface area contributed by atoms with Crippen LogP contribution in [0.3, 0.4) is 0 Å². The number of nitrogens with zero attached hydrogens (tertiary/aromatic N) is 3. The van der Waals surface area contributed by atoms with E-state index in [4.69, 9.17) is 0 Å². The number of aliphatic hydroxyl groups excluding tert-OH is 1. The number of aliphatic hydroxyl groups is 1. The van der Waals surface area contributed by atoms with Gasteiger partial charge in [0.05, 0.1) is 12.1 Å². The number of hydrogen-bond donors (Lipinski definition) is 3. The van der Waals surface area contributed by atoms with E-state index >= 15 is 0 Å². The first-order valence-corrected chi connectivity index (χ1v) is 7.47. The fourth-order valence-electron chi connectivity index (χ4n) is 2.60. The molecule has 0 unspecified atom stereocenters. The number of nitrogens with one attached hydrogen (secondary N) is 2. The summed E-state index contributed by atoms with van der Waals surface area (Å²) in [5, 5.41) is 18.1. The lowest BCUT2D eigenvalue weighted by molar-refractivity contribution is 0.0759. The van der Waals surface area contributed by atoms with Crippen LogP contribution < -0.4 is 5.32 Å². The van der Waals surface area contributed by atoms with Gasteiger partial charge in [0.25, 0.3) is 11.8 Å². The number of halogens is 2. The topological polar surface area (TPSA) is 111 Å². The molecule has 0 bridgehead atoms. The summed E-state index contributed by atoms with van der Waals surface area (Å²) < 4.78 is 26.6. The minimum atomic E-state index is -1.05. The van der Waals surface area contributed by atoms with E-state index in [-0.39, 0.29) is 24.5 Å². The summed E-state index contributed by atoms with van der Waals surface area (Å²) in [5.41, 5.74) is -0.0506. The van der Waals surface area contributed by atoms with Gasteiger partial charge in [0.2, 0.25) is 5.95 Å². The molecule has 0 saturated carbocycles. The number of β-amino-alcohol motifs (C(OH)–C–C–N with tert-alkyl or cyclic N) is 1. The standard InChI is InChI=1S/C15H15F2N5O3/c1-7-2-3-8(16)13(18-7)14(24)19-10-5-22(6-11(10)23)15(25)9-4-12(17)21-20-9/h2-4,10-11,23H,5-6H2,1H3,(H,19,24)(H,20,21)/t10-,11-/m1/s1. The van der Waals surface area contributed by atoms with Crippen molar-refractivity contribution in [2.75, 3.05) is 13.1 Å². The zero-order valence-electron chi connectivity index (χ0n) is 13.2. The van der Waals surface area contributed by atoms with E-state index in [0.717, 1.165) is 12.1 Å². The van der Waals surface area contributed by atoms with Crippen molar-refractivity contribution in [1.29, 1.82) is 0 Å². The second kappa shape index (κ2) is 6.55. The molecule has 3 rings (SSSR count). The predicted molar refractivity (Wildman–Crippen MR) is 80.6 cm³/mol. The van der Waals surface area contributed by atoms with Gasteiger partial charge in [-0.2, -0.15) is 9.49 Å². The SMILES string of the molecule is Cc1ccc(F)c(C(=O)N[C@@H]2CN(C(=O)c3cc(F)[nH]n3)C[C@H]2O)n1. The van der Waals surface area contributed by atoms with Crippen LogP contribution in [0.25, 0.3) is 0 Å². The average Bonchev–Trinajstić information content (AvgIpc) is 3.15. The summed E-state index contributed by atoms with van der Waals surface area (Å²) in [6, 6.07) is 2.69. The van der Waals surface area contributed by atoms with Crippen LogP contribution in [0.1, 0.15) is 26.7 Å². The number of hydrogen-bond acceptors (Lipinski definition) is 5. The Morgan fingerprint density at radius 2 is 2.12 bits per heavy atom. The maximum atomic E-state index is 13.7. The van der Waals surface area contributed by atoms with E-state index in [9.17, 15) is 23.5 Å². The van der Waals surface area contributed by atoms with E-state index in [1.807, 2.05) is 5.10 Å². The summed E-state index contributed by atoms with van der Waals surface area (Å²) in [5.74, 6) is -2.91. The highest BCUT2D eigenvalue weighted by Crippen LogP contribution is 2.15. The molecule has 2 atom stereocenters. The molecule has 1 aliphatic heterocycles. The maximum Gasteiger partial charge on any atom is 0.274 e. The number of aromatic amines is 1. The smallest absolute Gasteiger partial charge is 0.274 e. The van der Waals surface area contributed by atoms with E-state index in [2.05, 4.69) is 15.4 Å². The largest absolute Gasteiger partial charge is 0.389 e. The molecule has 132 valence electrons. The lowest BCUT2D eigenvalue weighted by atomic mass is 10.2. The Morgan fingerprint density at radius 3 is 2.80 bits per heavy atom. The van der Waals surface area contributed by atoms with Crippen LogP contribution in [0.5, 0.6) is 0 Å². The Morgan fingerprint density at radius 1 is 1.36 bits per heavy atom. The van der Waals surface area contributed by atoms with Crippen molar-refractivity contribution in [1.82, 2.24) is 25.4 Å². The highest BCUT2D eigenvalue weighted by Gasteiger charge is 2.36. The van der Waals surface area contributed by atoms with Crippen LogP contribution >= 0.6 is 0 Å². The second-order valence-corrected chi connectivity index (χ2v) is 5.74. The van der Waals surface area contributed by atoms with E-state index in [1.54, 1.807) is 6.92 Å². The van der Waals surface area contributed by atoms with Gasteiger partial charge in [-0.05, 0) is 19.1 Å². The maximum absolute atomic E-state index is 13.7. The van der Waals surface area contributed by atoms with Gasteiger partial charge >= 0.3 is 0 Å². The average molecular weight is 351 g/mol. The van der Waals surface area contributed by atoms with Crippen LogP contribution in [-0.4, -0.2) is 62.2 Å². The monoisotopic (exact) mass is 351 g/mol. The van der Waals surface area contributed by atoms with Gasteiger partial charge in [-0.3, -0.25) is 14.7 Å². The molecule has 0 spiro atoms. The minimum absolute atomic E-state index is 0.0202. The van der Waals surface area contributed by atoms with Crippen LogP contribution in [-0.2, 0) is 0 Å². The minimum Gasteiger partial charge on any atom is -0.389 e. The summed E-state index contributed by atoms with van der Waals surface area (Å²) in [6.45, 7) is 1.53. The molecule has 10 heteroatoms. The van der Waals surface area contributed by atoms with Crippen LogP contribution in [0.4, 0.5) is 8.78 Å². The van der Waals surface area contributed by atoms with Crippen molar-refractivity contribution in [3.8, 4) is 0 Å². The third-order valence-electron chi connectivity index (χ3n) is 3.86. The van der Waals surface area contributed by atoms with E-state index < -0.39 is 35.7 Å². The first-order valence-electron chi connectivity index (χ1n) is 7.47. The second-order valence-electron chi connectivity index (χ2n) is 5.74. The van der Waals surface area contributed by atoms with Gasteiger partial charge in [-0.1, -0.05) is 0 Å². The van der Waals surface area contributed by atoms with Gasteiger partial charge in [0.15, 0.2) is 17.2 Å². The zero-order valence-corrected chi connectivity index (χ0v) is 13.2. The van der Waals surface area contributed by atoms with Crippen LogP contribution in [0.15, 0.2) is 18.2 Å². The molecule has 25 heavy (non-hydrogen) atoms. The normalized spacial score (nSPS) is 19.9. The fourth-order valence-corrected chi connectivity index (χ4v) is 2.60. The summed E-state index contributed by atoms with van der Waals surface area (Å²) in [4.78, 5) is 29.4. The van der Waals surface area contributed by atoms with Crippen molar-refractivity contribution >= 4 is 11.8 Å². The van der Waals surface area contributed by atoms with E-state index in [1.165, 1.54) is 11.0 Å². The molecule has 1 aliphatic rings. The molecule has 3 N–H and O–H groups in total. The quantitative estimate of drug-likeness (QED) is 0.721. The number of pyridine rings is 1. The molecule has 2 aromatic heterocycles. The summed E-state index contributed by atoms with van der Waals surface area (Å²) >= 11 is 0. The predicted octanol–water partition coefficient (Wildman–Crippen LogP) is 0.00662. The third kappa shape index (κ3) is 3.48. The molecule has 0 aliphatic carbocycles. The highest BCUT2D eigenvalue weighted by atomic mass is 19.1. The van der Waals surface area contributed by atoms with Crippen molar-refractivity contribution in [3.05, 3.63) is 47.0 Å². The van der Waals surface area contributed by atoms with Crippen LogP contribution in [0, 0.1) is 18.7 Å². The molecule has 1 fully saturated rings. The third-order valence-corrected chi connectivity index (χ3v) is 3.86. The molecular weight excluding hydrogens is 336 g/mol. The van der Waals surface area contributed by atoms with Crippen molar-refractivity contribution in [2.45, 2.75) is 19.1 Å². The van der Waals surface area contributed by atoms with Crippen molar-refractivity contribution < 1.29 is 23.5 Å². The van der Waals surface area contributed by atoms with Gasteiger partial charge in [0, 0.05) is 24.8 Å². The molecule has 0 aromatic carbocycles. The Balaban J connectivity index is 1.68. The Labute approximate surface area is 140 Å². The molecular formula is C15H15F2N5O3. The Kier molecular flexibility index (Phi) is 4.45. The molecule has 0 radical (unpaired) electrons. The molecule has 3 heterocycles. The Hall–Kier alpha value is -2.88. The highest BCUT2D eigenvalue weighted by molar-refractivity contribution is 5.94. The fraction of sp³-hybridized carbons (Fsp3) is 0.333. The van der Waals surface area contributed by atoms with Gasteiger partial charge < -0.3 is 15.3 Å². The molecule has 1 saturated heterocycles. The molecule has 2 amide bonds. The van der Waals surface area contributed by atoms with Gasteiger partial charge in [-0.25, -0.2) is 9.37 Å². The number of aryl methyl sites for hydroxylation is 1. The number of rotatable bonds is 3. The number of carbonyl (C=O) groups excluding carboxylic acids is 2. The molecule has 2 aromatic rings. The number of likely N-dealkylation sites (tertiary alicyclic amines) is 1. The first-order chi connectivity index (χ1) is 11.8. The number of H-pyrrole nitrogens is 1. The Bertz CT molecular complexity index is 825. The number of aromatic nitrogens is 3. The van der Waals surface area contributed by atoms with Crippen molar-refractivity contribution in [2.24, 2.45) is 0 Å². The number of carbonyl (C=O) groups is 2.